The third kappa shape index (κ3) is 2.38. The summed E-state index contributed by atoms with van der Waals surface area (Å²) in [4.78, 5) is 12.0. The van der Waals surface area contributed by atoms with E-state index in [2.05, 4.69) is 21.2 Å². The number of hydrogen-bond acceptors (Lipinski definition) is 3. The summed E-state index contributed by atoms with van der Waals surface area (Å²) in [7, 11) is 0. The lowest BCUT2D eigenvalue weighted by Crippen LogP contribution is -2.26. The SMILES string of the molecule is Nc1ccc2c(c1)CCC2NC(=O)c1ccc(Br)o1. The van der Waals surface area contributed by atoms with E-state index in [1.165, 1.54) is 5.56 Å². The summed E-state index contributed by atoms with van der Waals surface area (Å²) >= 11 is 3.19. The van der Waals surface area contributed by atoms with Crippen molar-refractivity contribution in [3.05, 3.63) is 51.9 Å². The molecule has 0 radical (unpaired) electrons. The summed E-state index contributed by atoms with van der Waals surface area (Å²) in [6.45, 7) is 0. The van der Waals surface area contributed by atoms with Crippen molar-refractivity contribution in [3.8, 4) is 0 Å². The molecule has 1 aromatic heterocycles. The molecule has 4 nitrogen and oxygen atoms in total. The molecule has 1 atom stereocenters. The molecule has 19 heavy (non-hydrogen) atoms. The van der Waals surface area contributed by atoms with Gasteiger partial charge in [0.25, 0.3) is 5.91 Å². The Hall–Kier alpha value is -1.75. The van der Waals surface area contributed by atoms with Crippen LogP contribution in [0, 0.1) is 0 Å². The van der Waals surface area contributed by atoms with Gasteiger partial charge >= 0.3 is 0 Å². The van der Waals surface area contributed by atoms with Crippen LogP contribution in [0.3, 0.4) is 0 Å². The molecule has 5 heteroatoms. The number of halogens is 1. The predicted octanol–water partition coefficient (Wildman–Crippen LogP) is 3.04. The molecule has 98 valence electrons. The van der Waals surface area contributed by atoms with E-state index in [9.17, 15) is 4.79 Å². The number of carbonyl (C=O) groups excluding carboxylic acids is 1. The number of aryl methyl sites for hydroxylation is 1. The van der Waals surface area contributed by atoms with Crippen molar-refractivity contribution in [2.45, 2.75) is 18.9 Å². The highest BCUT2D eigenvalue weighted by atomic mass is 79.9. The number of benzene rings is 1. The molecule has 3 N–H and O–H groups in total. The predicted molar refractivity (Wildman–Crippen MR) is 75.8 cm³/mol. The standard InChI is InChI=1S/C14H13BrN2O2/c15-13-6-5-12(19-13)14(18)17-11-4-1-8-7-9(16)2-3-10(8)11/h2-3,5-7,11H,1,4,16H2,(H,17,18). The van der Waals surface area contributed by atoms with Gasteiger partial charge in [-0.15, -0.1) is 0 Å². The first-order chi connectivity index (χ1) is 9.13. The third-order valence-corrected chi connectivity index (χ3v) is 3.77. The number of hydrogen-bond donors (Lipinski definition) is 2. The quantitative estimate of drug-likeness (QED) is 0.836. The molecule has 0 bridgehead atoms. The van der Waals surface area contributed by atoms with Crippen LogP contribution in [0.25, 0.3) is 0 Å². The summed E-state index contributed by atoms with van der Waals surface area (Å²) in [5.41, 5.74) is 8.89. The Morgan fingerprint density at radius 3 is 2.95 bits per heavy atom. The minimum Gasteiger partial charge on any atom is -0.444 e. The summed E-state index contributed by atoms with van der Waals surface area (Å²) in [5.74, 6) is 0.121. The molecule has 2 aromatic rings. The van der Waals surface area contributed by atoms with Gasteiger partial charge in [-0.3, -0.25) is 4.79 Å². The molecule has 1 aliphatic rings. The van der Waals surface area contributed by atoms with Crippen LogP contribution in [0.4, 0.5) is 5.69 Å². The zero-order valence-corrected chi connectivity index (χ0v) is 11.7. The van der Waals surface area contributed by atoms with Gasteiger partial charge in [0.1, 0.15) is 0 Å². The van der Waals surface area contributed by atoms with Crippen LogP contribution < -0.4 is 11.1 Å². The highest BCUT2D eigenvalue weighted by Gasteiger charge is 2.25. The number of nitrogen functional groups attached to an aromatic ring is 1. The van der Waals surface area contributed by atoms with Crippen molar-refractivity contribution < 1.29 is 9.21 Å². The van der Waals surface area contributed by atoms with Gasteiger partial charge in [-0.2, -0.15) is 0 Å². The van der Waals surface area contributed by atoms with Crippen molar-refractivity contribution in [3.63, 3.8) is 0 Å². The number of nitrogens with two attached hydrogens (primary N) is 1. The lowest BCUT2D eigenvalue weighted by Gasteiger charge is -2.13. The summed E-state index contributed by atoms with van der Waals surface area (Å²) in [6, 6.07) is 9.22. The molecule has 1 amide bonds. The fraction of sp³-hybridized carbons (Fsp3) is 0.214. The second kappa shape index (κ2) is 4.74. The summed E-state index contributed by atoms with van der Waals surface area (Å²) in [5, 5.41) is 2.99. The Bertz CT molecular complexity index is 636. The smallest absolute Gasteiger partial charge is 0.287 e. The molecule has 1 aromatic carbocycles. The fourth-order valence-corrected chi connectivity index (χ4v) is 2.76. The second-order valence-electron chi connectivity index (χ2n) is 4.63. The van der Waals surface area contributed by atoms with Gasteiger partial charge in [0, 0.05) is 5.69 Å². The molecule has 1 aliphatic carbocycles. The van der Waals surface area contributed by atoms with Gasteiger partial charge < -0.3 is 15.5 Å². The van der Waals surface area contributed by atoms with E-state index >= 15 is 0 Å². The Morgan fingerprint density at radius 1 is 1.37 bits per heavy atom. The average molecular weight is 321 g/mol. The van der Waals surface area contributed by atoms with E-state index in [1.807, 2.05) is 18.2 Å². The topological polar surface area (TPSA) is 68.3 Å². The normalized spacial score (nSPS) is 17.2. The van der Waals surface area contributed by atoms with Crippen LogP contribution in [-0.2, 0) is 6.42 Å². The van der Waals surface area contributed by atoms with Crippen LogP contribution in [0.5, 0.6) is 0 Å². The Morgan fingerprint density at radius 2 is 2.21 bits per heavy atom. The molecule has 1 heterocycles. The van der Waals surface area contributed by atoms with E-state index in [-0.39, 0.29) is 11.9 Å². The van der Waals surface area contributed by atoms with Crippen molar-refractivity contribution >= 4 is 27.5 Å². The molecule has 3 rings (SSSR count). The van der Waals surface area contributed by atoms with Gasteiger partial charge in [0.15, 0.2) is 10.4 Å². The van der Waals surface area contributed by atoms with Gasteiger partial charge in [-0.05, 0) is 64.2 Å². The Kier molecular flexibility index (Phi) is 3.06. The van der Waals surface area contributed by atoms with Crippen LogP contribution >= 0.6 is 15.9 Å². The van der Waals surface area contributed by atoms with Crippen molar-refractivity contribution in [1.29, 1.82) is 0 Å². The van der Waals surface area contributed by atoms with E-state index in [4.69, 9.17) is 10.2 Å². The van der Waals surface area contributed by atoms with Gasteiger partial charge in [-0.25, -0.2) is 0 Å². The number of nitrogens with one attached hydrogen (secondary N) is 1. The first kappa shape index (κ1) is 12.3. The van der Waals surface area contributed by atoms with Crippen molar-refractivity contribution in [1.82, 2.24) is 5.32 Å². The van der Waals surface area contributed by atoms with Crippen LogP contribution in [-0.4, -0.2) is 5.91 Å². The third-order valence-electron chi connectivity index (χ3n) is 3.35. The van der Waals surface area contributed by atoms with E-state index in [0.717, 1.165) is 24.1 Å². The Labute approximate surface area is 119 Å². The van der Waals surface area contributed by atoms with Crippen LogP contribution in [0.1, 0.15) is 34.1 Å². The second-order valence-corrected chi connectivity index (χ2v) is 5.41. The highest BCUT2D eigenvalue weighted by Crippen LogP contribution is 2.32. The maximum absolute atomic E-state index is 12.0. The lowest BCUT2D eigenvalue weighted by molar-refractivity contribution is 0.0907. The highest BCUT2D eigenvalue weighted by molar-refractivity contribution is 9.10. The molecule has 0 saturated heterocycles. The van der Waals surface area contributed by atoms with Gasteiger partial charge in [-0.1, -0.05) is 6.07 Å². The van der Waals surface area contributed by atoms with E-state index < -0.39 is 0 Å². The maximum Gasteiger partial charge on any atom is 0.287 e. The molecule has 0 saturated carbocycles. The van der Waals surface area contributed by atoms with Gasteiger partial charge in [0.05, 0.1) is 6.04 Å². The summed E-state index contributed by atoms with van der Waals surface area (Å²) in [6.07, 6.45) is 1.83. The number of amides is 1. The fourth-order valence-electron chi connectivity index (χ4n) is 2.45. The van der Waals surface area contributed by atoms with Crippen LogP contribution in [0.2, 0.25) is 0 Å². The van der Waals surface area contributed by atoms with Crippen molar-refractivity contribution in [2.75, 3.05) is 5.73 Å². The molecule has 0 aliphatic heterocycles. The van der Waals surface area contributed by atoms with Crippen LogP contribution in [0.15, 0.2) is 39.4 Å². The average Bonchev–Trinajstić information content (AvgIpc) is 2.96. The summed E-state index contributed by atoms with van der Waals surface area (Å²) < 4.78 is 5.80. The number of rotatable bonds is 2. The maximum atomic E-state index is 12.0. The van der Waals surface area contributed by atoms with Crippen molar-refractivity contribution in [2.24, 2.45) is 0 Å². The number of carbonyl (C=O) groups is 1. The molecular weight excluding hydrogens is 308 g/mol. The molecule has 0 fully saturated rings. The zero-order chi connectivity index (χ0) is 13.4. The first-order valence-electron chi connectivity index (χ1n) is 6.08. The lowest BCUT2D eigenvalue weighted by atomic mass is 10.1. The van der Waals surface area contributed by atoms with E-state index in [0.29, 0.717) is 10.4 Å². The minimum absolute atomic E-state index is 0.0342. The zero-order valence-electron chi connectivity index (χ0n) is 10.2. The molecule has 0 spiro atoms. The number of anilines is 1. The largest absolute Gasteiger partial charge is 0.444 e. The number of furan rings is 1. The van der Waals surface area contributed by atoms with E-state index in [1.54, 1.807) is 12.1 Å². The number of fused-ring (bicyclic) bond motifs is 1. The molecule has 1 unspecified atom stereocenters. The Balaban J connectivity index is 1.78. The monoisotopic (exact) mass is 320 g/mol. The minimum atomic E-state index is -0.194. The van der Waals surface area contributed by atoms with Gasteiger partial charge in [0.2, 0.25) is 0 Å². The molecular formula is C14H13BrN2O2. The first-order valence-corrected chi connectivity index (χ1v) is 6.87.